The fourth-order valence-corrected chi connectivity index (χ4v) is 3.59. The first-order chi connectivity index (χ1) is 12.6. The molecule has 0 aliphatic carbocycles. The van der Waals surface area contributed by atoms with Gasteiger partial charge in [-0.2, -0.15) is 0 Å². The summed E-state index contributed by atoms with van der Waals surface area (Å²) in [5.41, 5.74) is 0.659. The zero-order valence-electron chi connectivity index (χ0n) is 16.0. The summed E-state index contributed by atoms with van der Waals surface area (Å²) in [4.78, 5) is 41.1. The van der Waals surface area contributed by atoms with Crippen LogP contribution in [0, 0.1) is 11.2 Å². The lowest BCUT2D eigenvalue weighted by atomic mass is 9.91. The predicted molar refractivity (Wildman–Crippen MR) is 98.2 cm³/mol. The minimum Gasteiger partial charge on any atom is -0.342 e. The highest BCUT2D eigenvalue weighted by atomic mass is 19.1. The lowest BCUT2D eigenvalue weighted by molar-refractivity contribution is -0.156. The van der Waals surface area contributed by atoms with E-state index in [9.17, 15) is 18.8 Å². The molecular weight excluding hydrogens is 349 g/mol. The molecule has 3 rings (SSSR count). The zero-order valence-corrected chi connectivity index (χ0v) is 16.0. The quantitative estimate of drug-likeness (QED) is 0.867. The number of hydrogen-bond acceptors (Lipinski definition) is 3. The largest absolute Gasteiger partial charge is 0.342 e. The molecule has 2 atom stereocenters. The summed E-state index contributed by atoms with van der Waals surface area (Å²) in [7, 11) is 0. The second kappa shape index (κ2) is 7.29. The highest BCUT2D eigenvalue weighted by molar-refractivity contribution is 5.98. The van der Waals surface area contributed by atoms with Gasteiger partial charge in [-0.1, -0.05) is 32.9 Å². The van der Waals surface area contributed by atoms with Crippen molar-refractivity contribution >= 4 is 17.7 Å². The van der Waals surface area contributed by atoms with Crippen LogP contribution >= 0.6 is 0 Å². The van der Waals surface area contributed by atoms with E-state index in [2.05, 4.69) is 5.32 Å². The summed E-state index contributed by atoms with van der Waals surface area (Å²) < 4.78 is 13.1. The zero-order chi connectivity index (χ0) is 19.8. The van der Waals surface area contributed by atoms with E-state index in [4.69, 9.17) is 0 Å². The topological polar surface area (TPSA) is 69.7 Å². The van der Waals surface area contributed by atoms with Gasteiger partial charge in [0.05, 0.1) is 6.54 Å². The maximum absolute atomic E-state index is 13.1. The van der Waals surface area contributed by atoms with Crippen LogP contribution in [0.2, 0.25) is 0 Å². The molecule has 1 aromatic rings. The van der Waals surface area contributed by atoms with Gasteiger partial charge < -0.3 is 15.1 Å². The fraction of sp³-hybridized carbons (Fsp3) is 0.550. The first kappa shape index (κ1) is 19.3. The third kappa shape index (κ3) is 4.46. The van der Waals surface area contributed by atoms with Crippen LogP contribution in [-0.4, -0.2) is 59.2 Å². The van der Waals surface area contributed by atoms with Crippen molar-refractivity contribution in [3.05, 3.63) is 35.6 Å². The molecule has 0 radical (unpaired) electrons. The van der Waals surface area contributed by atoms with Crippen LogP contribution in [0.1, 0.15) is 32.8 Å². The van der Waals surface area contributed by atoms with Gasteiger partial charge in [-0.3, -0.25) is 14.4 Å². The molecule has 0 aromatic heterocycles. The van der Waals surface area contributed by atoms with E-state index in [1.807, 2.05) is 20.8 Å². The average molecular weight is 375 g/mol. The van der Waals surface area contributed by atoms with Crippen molar-refractivity contribution in [1.82, 2.24) is 15.1 Å². The maximum atomic E-state index is 13.1. The summed E-state index contributed by atoms with van der Waals surface area (Å²) in [6.07, 6.45) is 0.725. The Morgan fingerprint density at radius 3 is 2.48 bits per heavy atom. The van der Waals surface area contributed by atoms with Crippen molar-refractivity contribution in [2.24, 2.45) is 5.41 Å². The van der Waals surface area contributed by atoms with Gasteiger partial charge in [0.1, 0.15) is 17.9 Å². The number of carbonyl (C=O) groups excluding carboxylic acids is 3. The molecule has 1 aromatic carbocycles. The summed E-state index contributed by atoms with van der Waals surface area (Å²) in [6.45, 7) is 7.02. The number of piperazine rings is 2. The molecule has 2 heterocycles. The van der Waals surface area contributed by atoms with Crippen LogP contribution < -0.4 is 5.32 Å². The third-order valence-corrected chi connectivity index (χ3v) is 4.97. The molecule has 2 aliphatic rings. The van der Waals surface area contributed by atoms with Crippen molar-refractivity contribution in [3.8, 4) is 0 Å². The molecule has 0 bridgehead atoms. The lowest BCUT2D eigenvalue weighted by Crippen LogP contribution is -2.70. The van der Waals surface area contributed by atoms with E-state index < -0.39 is 12.1 Å². The SMILES string of the molecule is CC(C)(C)CC(=O)N1CCN2C(=O)[C@@H](Cc3ccc(F)cc3)NC(=O)[C@@H]2C1. The minimum atomic E-state index is -0.656. The second-order valence-electron chi connectivity index (χ2n) is 8.52. The van der Waals surface area contributed by atoms with Gasteiger partial charge in [-0.25, -0.2) is 4.39 Å². The molecule has 3 amide bonds. The number of carbonyl (C=O) groups is 3. The Morgan fingerprint density at radius 1 is 1.19 bits per heavy atom. The normalized spacial score (nSPS) is 23.1. The van der Waals surface area contributed by atoms with Crippen molar-refractivity contribution < 1.29 is 18.8 Å². The standard InChI is InChI=1S/C20H26FN3O3/c1-20(2,3)11-17(25)23-8-9-24-16(12-23)18(26)22-15(19(24)27)10-13-4-6-14(21)7-5-13/h4-7,15-16H,8-12H2,1-3H3,(H,22,26)/t15-,16+/m1/s1. The summed E-state index contributed by atoms with van der Waals surface area (Å²) >= 11 is 0. The molecule has 2 saturated heterocycles. The Kier molecular flexibility index (Phi) is 5.22. The van der Waals surface area contributed by atoms with E-state index in [1.165, 1.54) is 12.1 Å². The van der Waals surface area contributed by atoms with E-state index in [1.54, 1.807) is 21.9 Å². The molecule has 146 valence electrons. The number of hydrogen-bond donors (Lipinski definition) is 1. The van der Waals surface area contributed by atoms with Crippen LogP contribution in [0.3, 0.4) is 0 Å². The molecule has 1 N–H and O–H groups in total. The first-order valence-electron chi connectivity index (χ1n) is 9.27. The minimum absolute atomic E-state index is 0.0100. The molecule has 0 unspecified atom stereocenters. The van der Waals surface area contributed by atoms with Gasteiger partial charge >= 0.3 is 0 Å². The van der Waals surface area contributed by atoms with Gasteiger partial charge in [0.2, 0.25) is 17.7 Å². The molecule has 6 nitrogen and oxygen atoms in total. The van der Waals surface area contributed by atoms with Gasteiger partial charge in [0.15, 0.2) is 0 Å². The van der Waals surface area contributed by atoms with Crippen LogP contribution in [-0.2, 0) is 20.8 Å². The molecule has 27 heavy (non-hydrogen) atoms. The van der Waals surface area contributed by atoms with Crippen molar-refractivity contribution in [1.29, 1.82) is 0 Å². The van der Waals surface area contributed by atoms with Crippen molar-refractivity contribution in [3.63, 3.8) is 0 Å². The Balaban J connectivity index is 1.66. The fourth-order valence-electron chi connectivity index (χ4n) is 3.59. The molecular formula is C20H26FN3O3. The number of benzene rings is 1. The number of nitrogens with zero attached hydrogens (tertiary/aromatic N) is 2. The van der Waals surface area contributed by atoms with Crippen LogP contribution in [0.15, 0.2) is 24.3 Å². The van der Waals surface area contributed by atoms with Crippen molar-refractivity contribution in [2.45, 2.75) is 45.7 Å². The summed E-state index contributed by atoms with van der Waals surface area (Å²) in [5.74, 6) is -0.716. The molecule has 0 saturated carbocycles. The van der Waals surface area contributed by atoms with Gasteiger partial charge in [-0.15, -0.1) is 0 Å². The number of halogens is 1. The Hall–Kier alpha value is -2.44. The molecule has 7 heteroatoms. The Morgan fingerprint density at radius 2 is 1.85 bits per heavy atom. The molecule has 0 spiro atoms. The van der Waals surface area contributed by atoms with E-state index in [0.717, 1.165) is 5.56 Å². The number of fused-ring (bicyclic) bond motifs is 1. The number of rotatable bonds is 3. The van der Waals surface area contributed by atoms with Gasteiger partial charge in [0, 0.05) is 25.9 Å². The van der Waals surface area contributed by atoms with Crippen molar-refractivity contribution in [2.75, 3.05) is 19.6 Å². The molecule has 2 fully saturated rings. The molecule has 2 aliphatic heterocycles. The van der Waals surface area contributed by atoms with E-state index in [-0.39, 0.29) is 35.5 Å². The monoisotopic (exact) mass is 375 g/mol. The van der Waals surface area contributed by atoms with E-state index in [0.29, 0.717) is 25.9 Å². The van der Waals surface area contributed by atoms with Gasteiger partial charge in [0.25, 0.3) is 0 Å². The summed E-state index contributed by atoms with van der Waals surface area (Å²) in [5, 5.41) is 2.77. The smallest absolute Gasteiger partial charge is 0.246 e. The van der Waals surface area contributed by atoms with Crippen LogP contribution in [0.25, 0.3) is 0 Å². The lowest BCUT2D eigenvalue weighted by Gasteiger charge is -2.45. The van der Waals surface area contributed by atoms with E-state index >= 15 is 0 Å². The predicted octanol–water partition coefficient (Wildman–Crippen LogP) is 1.34. The van der Waals surface area contributed by atoms with Crippen LogP contribution in [0.4, 0.5) is 4.39 Å². The number of amides is 3. The maximum Gasteiger partial charge on any atom is 0.246 e. The number of nitrogens with one attached hydrogen (secondary N) is 1. The van der Waals surface area contributed by atoms with Gasteiger partial charge in [-0.05, 0) is 23.1 Å². The second-order valence-corrected chi connectivity index (χ2v) is 8.52. The van der Waals surface area contributed by atoms with Crippen LogP contribution in [0.5, 0.6) is 0 Å². The first-order valence-corrected chi connectivity index (χ1v) is 9.27. The highest BCUT2D eigenvalue weighted by Gasteiger charge is 2.44. The average Bonchev–Trinajstić information content (AvgIpc) is 2.59. The third-order valence-electron chi connectivity index (χ3n) is 4.97. The Labute approximate surface area is 158 Å². The summed E-state index contributed by atoms with van der Waals surface area (Å²) in [6, 6.07) is 4.61. The highest BCUT2D eigenvalue weighted by Crippen LogP contribution is 2.23. The Bertz CT molecular complexity index is 742.